The van der Waals surface area contributed by atoms with Crippen molar-refractivity contribution in [3.63, 3.8) is 0 Å². The molecule has 0 aromatic heterocycles. The summed E-state index contributed by atoms with van der Waals surface area (Å²) >= 11 is 0. The Morgan fingerprint density at radius 1 is 1.12 bits per heavy atom. The summed E-state index contributed by atoms with van der Waals surface area (Å²) in [6.45, 7) is 2.18. The molecule has 2 fully saturated rings. The van der Waals surface area contributed by atoms with Crippen LogP contribution in [0.3, 0.4) is 0 Å². The molecule has 3 aliphatic rings. The minimum absolute atomic E-state index is 0.0174. The van der Waals surface area contributed by atoms with Crippen molar-refractivity contribution in [1.29, 1.82) is 0 Å². The zero-order valence-corrected chi connectivity index (χ0v) is 18.5. The maximum absolute atomic E-state index is 13.0. The molecule has 0 radical (unpaired) electrons. The van der Waals surface area contributed by atoms with Crippen molar-refractivity contribution in [1.82, 2.24) is 15.1 Å². The number of carbonyl (C=O) groups excluding carboxylic acids is 4. The van der Waals surface area contributed by atoms with Gasteiger partial charge in [0.25, 0.3) is 5.91 Å². The van der Waals surface area contributed by atoms with Gasteiger partial charge in [-0.25, -0.2) is 0 Å². The third-order valence-corrected chi connectivity index (χ3v) is 6.33. The predicted molar refractivity (Wildman–Crippen MR) is 119 cm³/mol. The van der Waals surface area contributed by atoms with Crippen molar-refractivity contribution in [2.24, 2.45) is 0 Å². The highest BCUT2D eigenvalue weighted by Gasteiger charge is 2.40. The zero-order chi connectivity index (χ0) is 24.5. The van der Waals surface area contributed by atoms with Crippen LogP contribution in [-0.4, -0.2) is 59.2 Å². The van der Waals surface area contributed by atoms with Gasteiger partial charge in [0.15, 0.2) is 0 Å². The maximum Gasteiger partial charge on any atom is 0.255 e. The summed E-state index contributed by atoms with van der Waals surface area (Å²) in [5, 5.41) is 2.28. The first kappa shape index (κ1) is 20.9. The molecule has 0 bridgehead atoms. The molecule has 2 aromatic carbocycles. The minimum Gasteiger partial charge on any atom is -0.489 e. The lowest BCUT2D eigenvalue weighted by molar-refractivity contribution is -0.143. The first-order valence-electron chi connectivity index (χ1n) is 11.7. The van der Waals surface area contributed by atoms with E-state index in [1.54, 1.807) is 11.0 Å². The molecular formula is C25H25N3O6. The third-order valence-electron chi connectivity index (χ3n) is 6.33. The van der Waals surface area contributed by atoms with Crippen LogP contribution in [0.15, 0.2) is 42.4 Å². The molecule has 5 rings (SSSR count). The standard InChI is InChI=1S/C25H25N3O6/c29-22-9-8-20(24(31)26-22)28-13-19-18(25(28)32)2-1-3-21(19)34-14-17-6-4-16(5-7-17)12-27-10-11-33-15-23(27)30/h1-7,20H,8-15H2,(H,26,29,31)/i2D. The van der Waals surface area contributed by atoms with E-state index in [-0.39, 0.29) is 56.0 Å². The molecule has 1 atom stereocenters. The summed E-state index contributed by atoms with van der Waals surface area (Å²) in [6, 6.07) is 10.3. The molecule has 9 heteroatoms. The Morgan fingerprint density at radius 3 is 2.68 bits per heavy atom. The molecule has 9 nitrogen and oxygen atoms in total. The van der Waals surface area contributed by atoms with Gasteiger partial charge in [-0.05, 0) is 29.7 Å². The molecule has 1 unspecified atom stereocenters. The molecular weight excluding hydrogens is 438 g/mol. The van der Waals surface area contributed by atoms with Gasteiger partial charge in [0.1, 0.15) is 25.0 Å². The average Bonchev–Trinajstić information content (AvgIpc) is 3.19. The maximum atomic E-state index is 13.0. The predicted octanol–water partition coefficient (Wildman–Crippen LogP) is 1.39. The van der Waals surface area contributed by atoms with Gasteiger partial charge in [-0.2, -0.15) is 0 Å². The number of nitrogens with zero attached hydrogens (tertiary/aromatic N) is 2. The van der Waals surface area contributed by atoms with Crippen molar-refractivity contribution in [3.05, 3.63) is 64.7 Å². The molecule has 0 spiro atoms. The minimum atomic E-state index is -0.745. The molecule has 34 heavy (non-hydrogen) atoms. The number of hydrogen-bond acceptors (Lipinski definition) is 6. The van der Waals surface area contributed by atoms with Crippen LogP contribution >= 0.6 is 0 Å². The Bertz CT molecular complexity index is 1200. The average molecular weight is 464 g/mol. The number of fused-ring (bicyclic) bond motifs is 1. The SMILES string of the molecule is [2H]c1ccc(OCc2ccc(CN3CCOCC3=O)cc2)c2c1C(=O)N(C1CCC(=O)NC1=O)C2. The molecule has 3 heterocycles. The number of morpholine rings is 1. The summed E-state index contributed by atoms with van der Waals surface area (Å²) in [5.41, 5.74) is 2.73. The number of hydrogen-bond donors (Lipinski definition) is 1. The molecule has 0 aliphatic carbocycles. The second-order valence-electron chi connectivity index (χ2n) is 8.57. The van der Waals surface area contributed by atoms with Crippen LogP contribution in [-0.2, 0) is 38.8 Å². The van der Waals surface area contributed by atoms with E-state index >= 15 is 0 Å². The van der Waals surface area contributed by atoms with E-state index in [0.29, 0.717) is 31.0 Å². The zero-order valence-electron chi connectivity index (χ0n) is 19.5. The van der Waals surface area contributed by atoms with E-state index in [0.717, 1.165) is 11.1 Å². The van der Waals surface area contributed by atoms with Crippen LogP contribution in [0, 0.1) is 0 Å². The number of imide groups is 1. The highest BCUT2D eigenvalue weighted by Crippen LogP contribution is 2.34. The number of piperidine rings is 1. The van der Waals surface area contributed by atoms with Crippen molar-refractivity contribution in [3.8, 4) is 5.75 Å². The second-order valence-corrected chi connectivity index (χ2v) is 8.57. The number of ether oxygens (including phenoxy) is 2. The largest absolute Gasteiger partial charge is 0.489 e. The summed E-state index contributed by atoms with van der Waals surface area (Å²) in [6.07, 6.45) is 0.430. The molecule has 3 aliphatic heterocycles. The molecule has 176 valence electrons. The van der Waals surface area contributed by atoms with E-state index < -0.39 is 17.9 Å². The normalized spacial score (nSPS) is 20.8. The van der Waals surface area contributed by atoms with Crippen molar-refractivity contribution in [2.45, 2.75) is 38.6 Å². The van der Waals surface area contributed by atoms with E-state index in [9.17, 15) is 19.2 Å². The summed E-state index contributed by atoms with van der Waals surface area (Å²) in [7, 11) is 0. The first-order valence-corrected chi connectivity index (χ1v) is 11.2. The second kappa shape index (κ2) is 9.26. The van der Waals surface area contributed by atoms with E-state index in [2.05, 4.69) is 5.32 Å². The van der Waals surface area contributed by atoms with E-state index in [1.165, 1.54) is 11.0 Å². The molecule has 2 saturated heterocycles. The lowest BCUT2D eigenvalue weighted by Gasteiger charge is -2.29. The van der Waals surface area contributed by atoms with Crippen LogP contribution in [0.4, 0.5) is 0 Å². The fourth-order valence-electron chi connectivity index (χ4n) is 4.45. The molecule has 1 N–H and O–H groups in total. The summed E-state index contributed by atoms with van der Waals surface area (Å²) in [5.74, 6) is -0.760. The van der Waals surface area contributed by atoms with Gasteiger partial charge in [-0.15, -0.1) is 0 Å². The van der Waals surface area contributed by atoms with Gasteiger partial charge in [-0.3, -0.25) is 24.5 Å². The Kier molecular flexibility index (Phi) is 5.68. The van der Waals surface area contributed by atoms with Gasteiger partial charge in [0, 0.05) is 30.6 Å². The molecule has 4 amide bonds. The Labute approximate surface area is 198 Å². The van der Waals surface area contributed by atoms with E-state index in [1.807, 2.05) is 24.3 Å². The number of rotatable bonds is 6. The van der Waals surface area contributed by atoms with Gasteiger partial charge in [-0.1, -0.05) is 30.3 Å². The first-order chi connectivity index (χ1) is 16.9. The highest BCUT2D eigenvalue weighted by molar-refractivity contribution is 6.05. The fourth-order valence-corrected chi connectivity index (χ4v) is 4.45. The summed E-state index contributed by atoms with van der Waals surface area (Å²) in [4.78, 5) is 52.0. The highest BCUT2D eigenvalue weighted by atomic mass is 16.5. The fraction of sp³-hybridized carbons (Fsp3) is 0.360. The lowest BCUT2D eigenvalue weighted by Crippen LogP contribution is -2.52. The summed E-state index contributed by atoms with van der Waals surface area (Å²) < 4.78 is 19.4. The van der Waals surface area contributed by atoms with Crippen molar-refractivity contribution >= 4 is 23.6 Å². The topological polar surface area (TPSA) is 105 Å². The Morgan fingerprint density at radius 2 is 1.91 bits per heavy atom. The smallest absolute Gasteiger partial charge is 0.255 e. The Hall–Kier alpha value is -3.72. The van der Waals surface area contributed by atoms with Crippen LogP contribution in [0.1, 0.15) is 41.3 Å². The van der Waals surface area contributed by atoms with Gasteiger partial charge in [0.2, 0.25) is 17.7 Å². The number of benzene rings is 2. The van der Waals surface area contributed by atoms with Gasteiger partial charge >= 0.3 is 0 Å². The number of carbonyl (C=O) groups is 4. The monoisotopic (exact) mass is 464 g/mol. The molecule has 0 saturated carbocycles. The van der Waals surface area contributed by atoms with Gasteiger partial charge in [0.05, 0.1) is 14.5 Å². The Balaban J connectivity index is 1.26. The van der Waals surface area contributed by atoms with Gasteiger partial charge < -0.3 is 19.3 Å². The number of amides is 4. The number of nitrogens with one attached hydrogen (secondary N) is 1. The van der Waals surface area contributed by atoms with Crippen LogP contribution in [0.2, 0.25) is 0 Å². The lowest BCUT2D eigenvalue weighted by atomic mass is 10.0. The van der Waals surface area contributed by atoms with Crippen LogP contribution in [0.25, 0.3) is 0 Å². The molecule has 2 aromatic rings. The van der Waals surface area contributed by atoms with Crippen LogP contribution in [0.5, 0.6) is 5.75 Å². The quantitative estimate of drug-likeness (QED) is 0.648. The van der Waals surface area contributed by atoms with Crippen LogP contribution < -0.4 is 10.1 Å². The van der Waals surface area contributed by atoms with Crippen molar-refractivity contribution < 1.29 is 30.0 Å². The van der Waals surface area contributed by atoms with E-state index in [4.69, 9.17) is 10.8 Å². The third kappa shape index (κ3) is 4.38. The van der Waals surface area contributed by atoms with Crippen molar-refractivity contribution in [2.75, 3.05) is 19.8 Å².